The van der Waals surface area contributed by atoms with Crippen LogP contribution in [0.15, 0.2) is 29.6 Å². The second kappa shape index (κ2) is 7.61. The van der Waals surface area contributed by atoms with Gasteiger partial charge in [0.05, 0.1) is 11.7 Å². The second-order valence-corrected chi connectivity index (χ2v) is 8.71. The first-order valence-electron chi connectivity index (χ1n) is 11.5. The van der Waals surface area contributed by atoms with E-state index in [1.54, 1.807) is 18.4 Å². The lowest BCUT2D eigenvalue weighted by atomic mass is 10.1. The smallest absolute Gasteiger partial charge is 0.290 e. The van der Waals surface area contributed by atoms with Gasteiger partial charge in [-0.05, 0) is 25.2 Å². The summed E-state index contributed by atoms with van der Waals surface area (Å²) < 4.78 is 66.0. The summed E-state index contributed by atoms with van der Waals surface area (Å²) in [5.74, 6) is -3.55. The van der Waals surface area contributed by atoms with Crippen molar-refractivity contribution in [1.29, 1.82) is 0 Å². The number of alkyl halides is 2. The van der Waals surface area contributed by atoms with Crippen LogP contribution in [0, 0.1) is 5.92 Å². The largest absolute Gasteiger partial charge is 0.483 e. The van der Waals surface area contributed by atoms with Crippen molar-refractivity contribution in [2.24, 2.45) is 12.9 Å². The number of amides is 1. The first kappa shape index (κ1) is 17.6. The first-order chi connectivity index (χ1) is 16.5. The number of nitrogens with zero attached hydrogens (tertiary/aromatic N) is 3. The van der Waals surface area contributed by atoms with Crippen LogP contribution in [0.5, 0.6) is 11.5 Å². The molecule has 5 rings (SSSR count). The fraction of sp³-hybridized carbons (Fsp3) is 0.409. The minimum Gasteiger partial charge on any atom is -0.483 e. The van der Waals surface area contributed by atoms with Gasteiger partial charge in [-0.15, -0.1) is 11.8 Å². The van der Waals surface area contributed by atoms with E-state index in [4.69, 9.17) is 13.6 Å². The number of rotatable bonds is 5. The topological polar surface area (TPSA) is 78.3 Å². The third kappa shape index (κ3) is 3.56. The molecule has 3 aromatic heterocycles. The van der Waals surface area contributed by atoms with Crippen LogP contribution in [0.2, 0.25) is 0 Å². The lowest BCUT2D eigenvalue weighted by Gasteiger charge is -2.32. The number of carbonyl (C=O) groups excluding carboxylic acids is 1. The zero-order valence-corrected chi connectivity index (χ0v) is 18.1. The highest BCUT2D eigenvalue weighted by molar-refractivity contribution is 7.98. The van der Waals surface area contributed by atoms with Crippen LogP contribution in [-0.4, -0.2) is 45.3 Å². The number of hydrogen-bond acceptors (Lipinski definition) is 6. The highest BCUT2D eigenvalue weighted by Gasteiger charge is 2.55. The standard InChI is InChI=1S/C22H22F2N4O3S/c1-11(29)26-18-6-13-14(9-28(2)15(13)8-25-18)20-21-16(7-19(27-20)32-3)31-17(10-30-21)22(23,24)12-4-5-12/h6-9,12,17H,4-5,10H2,1-3H3,(H,25,26,29)/i2D3. The molecule has 0 spiro atoms. The van der Waals surface area contributed by atoms with Gasteiger partial charge in [0.15, 0.2) is 17.6 Å². The van der Waals surface area contributed by atoms with Gasteiger partial charge in [0, 0.05) is 47.1 Å². The lowest BCUT2D eigenvalue weighted by molar-refractivity contribution is -0.133. The highest BCUT2D eigenvalue weighted by Crippen LogP contribution is 2.50. The molecule has 168 valence electrons. The van der Waals surface area contributed by atoms with Crippen LogP contribution < -0.4 is 14.8 Å². The number of carbonyl (C=O) groups is 1. The van der Waals surface area contributed by atoms with Crippen LogP contribution in [-0.2, 0) is 11.8 Å². The van der Waals surface area contributed by atoms with Crippen LogP contribution >= 0.6 is 11.8 Å². The van der Waals surface area contributed by atoms with Gasteiger partial charge in [0.1, 0.15) is 23.1 Å². The Balaban J connectivity index is 1.67. The number of thioether (sulfide) groups is 1. The molecular formula is C22H22F2N4O3S. The summed E-state index contributed by atoms with van der Waals surface area (Å²) in [7, 11) is 0. The fourth-order valence-corrected chi connectivity index (χ4v) is 4.24. The third-order valence-corrected chi connectivity index (χ3v) is 6.20. The van der Waals surface area contributed by atoms with E-state index in [1.807, 2.05) is 0 Å². The van der Waals surface area contributed by atoms with E-state index in [0.717, 1.165) is 4.57 Å². The Morgan fingerprint density at radius 3 is 2.91 bits per heavy atom. The zero-order valence-electron chi connectivity index (χ0n) is 20.3. The summed E-state index contributed by atoms with van der Waals surface area (Å²) in [6.45, 7) is -1.56. The van der Waals surface area contributed by atoms with E-state index < -0.39 is 24.9 Å². The molecule has 7 nitrogen and oxygen atoms in total. The minimum absolute atomic E-state index is 0.127. The van der Waals surface area contributed by atoms with E-state index in [-0.39, 0.29) is 41.0 Å². The molecule has 1 N–H and O–H groups in total. The molecule has 0 aromatic carbocycles. The summed E-state index contributed by atoms with van der Waals surface area (Å²) in [6, 6.07) is 3.09. The predicted molar refractivity (Wildman–Crippen MR) is 118 cm³/mol. The number of aryl methyl sites for hydroxylation is 1. The highest BCUT2D eigenvalue weighted by atomic mass is 32.2. The molecule has 1 fully saturated rings. The maximum atomic E-state index is 14.8. The number of halogens is 2. The van der Waals surface area contributed by atoms with Crippen molar-refractivity contribution in [3.05, 3.63) is 24.5 Å². The molecule has 0 saturated heterocycles. The molecule has 32 heavy (non-hydrogen) atoms. The normalized spacial score (nSPS) is 19.9. The Bertz CT molecular complexity index is 1330. The van der Waals surface area contributed by atoms with Gasteiger partial charge >= 0.3 is 0 Å². The molecular weight excluding hydrogens is 438 g/mol. The Morgan fingerprint density at radius 2 is 2.22 bits per heavy atom. The monoisotopic (exact) mass is 463 g/mol. The zero-order chi connectivity index (χ0) is 25.1. The Hall–Kier alpha value is -2.88. The van der Waals surface area contributed by atoms with Gasteiger partial charge in [-0.25, -0.2) is 18.7 Å². The SMILES string of the molecule is [2H]C([2H])([2H])n1cc(-c2nc(SC)cc3c2OCC(C(F)(F)C2CC2)O3)c2cc(NC(C)=O)ncc21. The minimum atomic E-state index is -3.02. The molecule has 1 aliphatic heterocycles. The predicted octanol–water partition coefficient (Wildman–Crippen LogP) is 4.50. The van der Waals surface area contributed by atoms with Gasteiger partial charge in [-0.3, -0.25) is 4.79 Å². The maximum absolute atomic E-state index is 14.8. The van der Waals surface area contributed by atoms with Crippen LogP contribution in [0.25, 0.3) is 22.2 Å². The van der Waals surface area contributed by atoms with Crippen molar-refractivity contribution in [2.45, 2.75) is 36.8 Å². The third-order valence-electron chi connectivity index (χ3n) is 5.57. The number of pyridine rings is 2. The van der Waals surface area contributed by atoms with E-state index in [9.17, 15) is 13.6 Å². The molecule has 1 atom stereocenters. The van der Waals surface area contributed by atoms with Gasteiger partial charge in [0.25, 0.3) is 5.92 Å². The van der Waals surface area contributed by atoms with Crippen molar-refractivity contribution in [3.63, 3.8) is 0 Å². The van der Waals surface area contributed by atoms with Gasteiger partial charge < -0.3 is 19.4 Å². The van der Waals surface area contributed by atoms with Crippen molar-refractivity contribution in [3.8, 4) is 22.8 Å². The van der Waals surface area contributed by atoms with Gasteiger partial charge in [0.2, 0.25) is 5.91 Å². The Kier molecular flexibility index (Phi) is 4.20. The Labute approximate surface area is 191 Å². The number of anilines is 1. The summed E-state index contributed by atoms with van der Waals surface area (Å²) in [5.41, 5.74) is 0.926. The van der Waals surface area contributed by atoms with Crippen LogP contribution in [0.4, 0.5) is 14.6 Å². The van der Waals surface area contributed by atoms with E-state index >= 15 is 0 Å². The average Bonchev–Trinajstić information content (AvgIpc) is 3.58. The van der Waals surface area contributed by atoms with Gasteiger partial charge in [-0.2, -0.15) is 0 Å². The fourth-order valence-electron chi connectivity index (χ4n) is 3.83. The summed E-state index contributed by atoms with van der Waals surface area (Å²) in [5, 5.41) is 3.52. The molecule has 0 radical (unpaired) electrons. The summed E-state index contributed by atoms with van der Waals surface area (Å²) in [6.07, 6.45) is 4.02. The number of ether oxygens (including phenoxy) is 2. The molecule has 3 aromatic rings. The van der Waals surface area contributed by atoms with Crippen molar-refractivity contribution < 1.29 is 27.2 Å². The number of aromatic nitrogens is 3. The molecule has 1 aliphatic carbocycles. The molecule has 1 amide bonds. The molecule has 2 aliphatic rings. The van der Waals surface area contributed by atoms with E-state index in [0.29, 0.717) is 28.8 Å². The number of nitrogens with one attached hydrogen (secondary N) is 1. The number of fused-ring (bicyclic) bond motifs is 2. The molecule has 10 heteroatoms. The quantitative estimate of drug-likeness (QED) is 0.562. The lowest BCUT2D eigenvalue weighted by Crippen LogP contribution is -2.46. The number of hydrogen-bond donors (Lipinski definition) is 1. The first-order valence-corrected chi connectivity index (χ1v) is 11.3. The molecule has 4 heterocycles. The Morgan fingerprint density at radius 1 is 1.41 bits per heavy atom. The average molecular weight is 464 g/mol. The van der Waals surface area contributed by atoms with Gasteiger partial charge in [-0.1, -0.05) is 0 Å². The maximum Gasteiger partial charge on any atom is 0.290 e. The van der Waals surface area contributed by atoms with Crippen molar-refractivity contribution in [2.75, 3.05) is 18.2 Å². The summed E-state index contributed by atoms with van der Waals surface area (Å²) >= 11 is 1.29. The van der Waals surface area contributed by atoms with Crippen molar-refractivity contribution >= 4 is 34.4 Å². The summed E-state index contributed by atoms with van der Waals surface area (Å²) in [4.78, 5) is 20.3. The van der Waals surface area contributed by atoms with E-state index in [1.165, 1.54) is 31.1 Å². The van der Waals surface area contributed by atoms with Crippen molar-refractivity contribution in [1.82, 2.24) is 14.5 Å². The van der Waals surface area contributed by atoms with Crippen LogP contribution in [0.3, 0.4) is 0 Å². The molecule has 1 saturated carbocycles. The molecule has 1 unspecified atom stereocenters. The second-order valence-electron chi connectivity index (χ2n) is 7.89. The van der Waals surface area contributed by atoms with E-state index in [2.05, 4.69) is 15.3 Å². The molecule has 0 bridgehead atoms. The van der Waals surface area contributed by atoms with Crippen LogP contribution in [0.1, 0.15) is 23.9 Å².